The van der Waals surface area contributed by atoms with Crippen molar-refractivity contribution in [2.24, 2.45) is 0 Å². The van der Waals surface area contributed by atoms with E-state index in [0.29, 0.717) is 24.1 Å². The fraction of sp³-hybridized carbons (Fsp3) is 0.471. The van der Waals surface area contributed by atoms with Crippen LogP contribution in [0.15, 0.2) is 23.1 Å². The number of nitrogens with zero attached hydrogens (tertiary/aromatic N) is 2. The first-order chi connectivity index (χ1) is 12.7. The number of carbonyl (C=O) groups is 3. The van der Waals surface area contributed by atoms with E-state index in [2.05, 4.69) is 10.6 Å². The zero-order valence-corrected chi connectivity index (χ0v) is 16.0. The maximum atomic E-state index is 13.0. The maximum absolute atomic E-state index is 13.0. The van der Waals surface area contributed by atoms with Crippen molar-refractivity contribution in [1.29, 1.82) is 0 Å². The molecule has 2 fully saturated rings. The van der Waals surface area contributed by atoms with Crippen LogP contribution in [0.4, 0.5) is 10.5 Å². The molecule has 2 saturated heterocycles. The summed E-state index contributed by atoms with van der Waals surface area (Å²) >= 11 is 0. The minimum atomic E-state index is -3.70. The molecule has 0 aromatic heterocycles. The van der Waals surface area contributed by atoms with Gasteiger partial charge >= 0.3 is 6.03 Å². The van der Waals surface area contributed by atoms with Crippen molar-refractivity contribution in [2.45, 2.75) is 37.6 Å². The first kappa shape index (κ1) is 19.3. The van der Waals surface area contributed by atoms with E-state index >= 15 is 0 Å². The van der Waals surface area contributed by atoms with Crippen molar-refractivity contribution in [3.63, 3.8) is 0 Å². The van der Waals surface area contributed by atoms with Gasteiger partial charge in [0.15, 0.2) is 0 Å². The van der Waals surface area contributed by atoms with Crippen LogP contribution >= 0.6 is 0 Å². The van der Waals surface area contributed by atoms with E-state index in [4.69, 9.17) is 0 Å². The van der Waals surface area contributed by atoms with Gasteiger partial charge in [0.25, 0.3) is 0 Å². The number of amides is 4. The third kappa shape index (κ3) is 3.81. The second-order valence-corrected chi connectivity index (χ2v) is 8.63. The van der Waals surface area contributed by atoms with Crippen LogP contribution in [-0.4, -0.2) is 61.1 Å². The molecule has 27 heavy (non-hydrogen) atoms. The number of aryl methyl sites for hydroxylation is 1. The third-order valence-corrected chi connectivity index (χ3v) is 6.84. The van der Waals surface area contributed by atoms with Gasteiger partial charge in [0.2, 0.25) is 21.8 Å². The lowest BCUT2D eigenvalue weighted by Gasteiger charge is -2.34. The molecule has 10 heteroatoms. The predicted octanol–water partition coefficient (Wildman–Crippen LogP) is 0.658. The Balaban J connectivity index is 1.72. The molecule has 1 aromatic carbocycles. The van der Waals surface area contributed by atoms with E-state index < -0.39 is 16.1 Å². The minimum Gasteiger partial charge on any atom is -0.329 e. The fourth-order valence-corrected chi connectivity index (χ4v) is 5.18. The lowest BCUT2D eigenvalue weighted by atomic mass is 10.1. The highest BCUT2D eigenvalue weighted by molar-refractivity contribution is 7.89. The summed E-state index contributed by atoms with van der Waals surface area (Å²) in [5, 5.41) is 5.11. The number of hydrogen-bond acceptors (Lipinski definition) is 5. The number of anilines is 1. The summed E-state index contributed by atoms with van der Waals surface area (Å²) in [5.41, 5.74) is 1.08. The Bertz CT molecular complexity index is 875. The summed E-state index contributed by atoms with van der Waals surface area (Å²) in [7, 11) is -3.70. The summed E-state index contributed by atoms with van der Waals surface area (Å²) in [4.78, 5) is 36.1. The zero-order valence-electron chi connectivity index (χ0n) is 15.2. The second kappa shape index (κ2) is 7.28. The molecule has 2 heterocycles. The van der Waals surface area contributed by atoms with E-state index in [0.717, 1.165) is 0 Å². The number of benzene rings is 1. The zero-order chi connectivity index (χ0) is 19.8. The largest absolute Gasteiger partial charge is 0.329 e. The first-order valence-corrected chi connectivity index (χ1v) is 10.1. The predicted molar refractivity (Wildman–Crippen MR) is 97.5 cm³/mol. The van der Waals surface area contributed by atoms with Gasteiger partial charge in [-0.2, -0.15) is 4.31 Å². The molecule has 2 N–H and O–H groups in total. The summed E-state index contributed by atoms with van der Waals surface area (Å²) in [6.07, 6.45) is 0.808. The molecule has 0 radical (unpaired) electrons. The molecule has 0 saturated carbocycles. The number of imide groups is 1. The average Bonchev–Trinajstić information content (AvgIpc) is 2.93. The summed E-state index contributed by atoms with van der Waals surface area (Å²) in [6, 6.07) is 3.97. The van der Waals surface area contributed by atoms with Crippen LogP contribution in [0.1, 0.15) is 25.3 Å². The highest BCUT2D eigenvalue weighted by Gasteiger charge is 2.39. The highest BCUT2D eigenvalue weighted by Crippen LogP contribution is 2.27. The highest BCUT2D eigenvalue weighted by atomic mass is 32.2. The Morgan fingerprint density at radius 1 is 1.22 bits per heavy atom. The molecule has 0 spiro atoms. The molecule has 0 bridgehead atoms. The van der Waals surface area contributed by atoms with Crippen molar-refractivity contribution < 1.29 is 22.8 Å². The van der Waals surface area contributed by atoms with Gasteiger partial charge in [0.05, 0.1) is 11.4 Å². The Morgan fingerprint density at radius 3 is 2.41 bits per heavy atom. The van der Waals surface area contributed by atoms with E-state index in [1.54, 1.807) is 19.1 Å². The second-order valence-electron chi connectivity index (χ2n) is 6.72. The van der Waals surface area contributed by atoms with Crippen molar-refractivity contribution in [3.05, 3.63) is 23.8 Å². The number of urea groups is 1. The van der Waals surface area contributed by atoms with Gasteiger partial charge in [-0.15, -0.1) is 0 Å². The van der Waals surface area contributed by atoms with E-state index in [1.165, 1.54) is 22.2 Å². The number of rotatable bonds is 4. The van der Waals surface area contributed by atoms with Crippen LogP contribution in [0.3, 0.4) is 0 Å². The smallest absolute Gasteiger partial charge is 0.324 e. The average molecular weight is 394 g/mol. The van der Waals surface area contributed by atoms with Gasteiger partial charge in [0, 0.05) is 31.7 Å². The SMILES string of the molecule is CC(=O)Nc1ccc(S(=O)(=O)N2CCC(N3C(=O)CNC3=O)CC2)c(C)c1. The van der Waals surface area contributed by atoms with Crippen LogP contribution in [0.2, 0.25) is 0 Å². The van der Waals surface area contributed by atoms with E-state index in [1.807, 2.05) is 0 Å². The van der Waals surface area contributed by atoms with Crippen LogP contribution < -0.4 is 10.6 Å². The van der Waals surface area contributed by atoms with Gasteiger partial charge in [-0.05, 0) is 43.5 Å². The molecule has 1 aromatic rings. The van der Waals surface area contributed by atoms with Crippen LogP contribution in [-0.2, 0) is 19.6 Å². The molecular weight excluding hydrogens is 372 g/mol. The summed E-state index contributed by atoms with van der Waals surface area (Å²) < 4.78 is 27.3. The number of carbonyl (C=O) groups excluding carboxylic acids is 3. The third-order valence-electron chi connectivity index (χ3n) is 4.78. The molecule has 0 unspecified atom stereocenters. The normalized spacial score (nSPS) is 19.3. The first-order valence-electron chi connectivity index (χ1n) is 8.68. The molecule has 3 rings (SSSR count). The van der Waals surface area contributed by atoms with E-state index in [9.17, 15) is 22.8 Å². The number of nitrogens with one attached hydrogen (secondary N) is 2. The Morgan fingerprint density at radius 2 is 1.89 bits per heavy atom. The topological polar surface area (TPSA) is 116 Å². The molecule has 4 amide bonds. The maximum Gasteiger partial charge on any atom is 0.324 e. The molecule has 0 atom stereocenters. The van der Waals surface area contributed by atoms with Crippen molar-refractivity contribution in [2.75, 3.05) is 25.0 Å². The van der Waals surface area contributed by atoms with Crippen molar-refractivity contribution in [1.82, 2.24) is 14.5 Å². The van der Waals surface area contributed by atoms with Gasteiger partial charge in [-0.3, -0.25) is 14.5 Å². The lowest BCUT2D eigenvalue weighted by molar-refractivity contribution is -0.127. The molecule has 2 aliphatic heterocycles. The molecule has 146 valence electrons. The quantitative estimate of drug-likeness (QED) is 0.728. The van der Waals surface area contributed by atoms with Gasteiger partial charge in [0.1, 0.15) is 0 Å². The van der Waals surface area contributed by atoms with Crippen LogP contribution in [0.25, 0.3) is 0 Å². The monoisotopic (exact) mass is 394 g/mol. The van der Waals surface area contributed by atoms with Gasteiger partial charge in [-0.25, -0.2) is 13.2 Å². The summed E-state index contributed by atoms with van der Waals surface area (Å²) in [6.45, 7) is 3.53. The van der Waals surface area contributed by atoms with Gasteiger partial charge in [-0.1, -0.05) is 0 Å². The summed E-state index contributed by atoms with van der Waals surface area (Å²) in [5.74, 6) is -0.502. The number of hydrogen-bond donors (Lipinski definition) is 2. The fourth-order valence-electron chi connectivity index (χ4n) is 3.50. The van der Waals surface area contributed by atoms with E-state index in [-0.39, 0.29) is 42.4 Å². The van der Waals surface area contributed by atoms with Crippen molar-refractivity contribution >= 4 is 33.6 Å². The molecule has 9 nitrogen and oxygen atoms in total. The molecular formula is C17H22N4O5S. The van der Waals surface area contributed by atoms with Crippen LogP contribution in [0.5, 0.6) is 0 Å². The Hall–Kier alpha value is -2.46. The van der Waals surface area contributed by atoms with Gasteiger partial charge < -0.3 is 10.6 Å². The Labute approximate surface area is 157 Å². The number of sulfonamides is 1. The van der Waals surface area contributed by atoms with Crippen LogP contribution in [0, 0.1) is 6.92 Å². The van der Waals surface area contributed by atoms with Crippen molar-refractivity contribution in [3.8, 4) is 0 Å². The minimum absolute atomic E-state index is 0.00279. The lowest BCUT2D eigenvalue weighted by Crippen LogP contribution is -2.49. The standard InChI is InChI=1S/C17H22N4O5S/c1-11-9-13(19-12(2)22)3-4-15(11)27(25,26)20-7-5-14(6-8-20)21-16(23)10-18-17(21)24/h3-4,9,14H,5-8,10H2,1-2H3,(H,18,24)(H,19,22). The molecule has 0 aliphatic carbocycles. The number of piperidine rings is 1. The Kier molecular flexibility index (Phi) is 5.20. The molecule has 2 aliphatic rings.